The number of anilines is 2. The first-order valence-electron chi connectivity index (χ1n) is 8.50. The van der Waals surface area contributed by atoms with Gasteiger partial charge in [-0.05, 0) is 31.2 Å². The SMILES string of the molecule is COCCOc1ccccc1-n1nc(C)c(C(=O)Nc2ccc(Cl)cn2)c1N. The van der Waals surface area contributed by atoms with E-state index in [1.54, 1.807) is 32.2 Å². The van der Waals surface area contributed by atoms with Crippen LogP contribution in [0.1, 0.15) is 16.1 Å². The maximum atomic E-state index is 12.7. The van der Waals surface area contributed by atoms with Gasteiger partial charge in [0.05, 0.1) is 17.3 Å². The average molecular weight is 402 g/mol. The topological polar surface area (TPSA) is 104 Å². The Bertz CT molecular complexity index is 972. The Kier molecular flexibility index (Phi) is 6.13. The van der Waals surface area contributed by atoms with Gasteiger partial charge in [-0.1, -0.05) is 23.7 Å². The second kappa shape index (κ2) is 8.73. The summed E-state index contributed by atoms with van der Waals surface area (Å²) in [5.41, 5.74) is 7.63. The molecule has 0 aliphatic heterocycles. The zero-order chi connectivity index (χ0) is 20.1. The van der Waals surface area contributed by atoms with Crippen molar-refractivity contribution >= 4 is 29.1 Å². The predicted molar refractivity (Wildman–Crippen MR) is 107 cm³/mol. The molecule has 9 heteroatoms. The molecule has 3 rings (SSSR count). The lowest BCUT2D eigenvalue weighted by molar-refractivity contribution is 0.102. The summed E-state index contributed by atoms with van der Waals surface area (Å²) in [5, 5.41) is 7.60. The number of para-hydroxylation sites is 2. The largest absolute Gasteiger partial charge is 0.489 e. The molecule has 0 saturated carbocycles. The standard InChI is InChI=1S/C19H20ClN5O3/c1-12-17(19(26)23-16-8-7-13(20)11-22-16)18(21)25(24-12)14-5-3-4-6-15(14)28-10-9-27-2/h3-8,11H,9-10,21H2,1-2H3,(H,22,23,26). The first-order chi connectivity index (χ1) is 13.5. The third-order valence-electron chi connectivity index (χ3n) is 3.93. The average Bonchev–Trinajstić information content (AvgIpc) is 2.98. The number of nitrogens with zero attached hydrogens (tertiary/aromatic N) is 3. The van der Waals surface area contributed by atoms with Gasteiger partial charge in [0, 0.05) is 13.3 Å². The molecule has 0 saturated heterocycles. The molecule has 2 aromatic heterocycles. The molecule has 0 radical (unpaired) electrons. The normalized spacial score (nSPS) is 10.7. The van der Waals surface area contributed by atoms with Gasteiger partial charge in [-0.15, -0.1) is 0 Å². The molecule has 0 unspecified atom stereocenters. The van der Waals surface area contributed by atoms with Crippen LogP contribution in [0.5, 0.6) is 5.75 Å². The maximum absolute atomic E-state index is 12.7. The number of carbonyl (C=O) groups excluding carboxylic acids is 1. The van der Waals surface area contributed by atoms with Crippen molar-refractivity contribution in [2.24, 2.45) is 0 Å². The lowest BCUT2D eigenvalue weighted by Gasteiger charge is -2.12. The monoisotopic (exact) mass is 401 g/mol. The second-order valence-electron chi connectivity index (χ2n) is 5.88. The van der Waals surface area contributed by atoms with Crippen LogP contribution in [0.15, 0.2) is 42.6 Å². The number of rotatable bonds is 7. The third kappa shape index (κ3) is 4.24. The number of nitrogens with one attached hydrogen (secondary N) is 1. The van der Waals surface area contributed by atoms with Gasteiger partial charge in [-0.3, -0.25) is 4.79 Å². The van der Waals surface area contributed by atoms with Crippen molar-refractivity contribution in [3.05, 3.63) is 58.9 Å². The number of pyridine rings is 1. The van der Waals surface area contributed by atoms with E-state index in [1.807, 2.05) is 18.2 Å². The Morgan fingerprint density at radius 1 is 1.25 bits per heavy atom. The second-order valence-corrected chi connectivity index (χ2v) is 6.32. The van der Waals surface area contributed by atoms with Gasteiger partial charge < -0.3 is 20.5 Å². The molecule has 146 valence electrons. The van der Waals surface area contributed by atoms with E-state index in [-0.39, 0.29) is 11.4 Å². The first kappa shape index (κ1) is 19.7. The number of aryl methyl sites for hydroxylation is 1. The molecule has 2 heterocycles. The van der Waals surface area contributed by atoms with Crippen LogP contribution in [0, 0.1) is 6.92 Å². The first-order valence-corrected chi connectivity index (χ1v) is 8.88. The number of nitrogen functional groups attached to an aromatic ring is 1. The molecule has 0 bridgehead atoms. The summed E-state index contributed by atoms with van der Waals surface area (Å²) in [6.45, 7) is 2.54. The van der Waals surface area contributed by atoms with Crippen LogP contribution in [-0.2, 0) is 4.74 Å². The third-order valence-corrected chi connectivity index (χ3v) is 4.15. The minimum Gasteiger partial charge on any atom is -0.489 e. The predicted octanol–water partition coefficient (Wildman–Crippen LogP) is 3.09. The lowest BCUT2D eigenvalue weighted by Crippen LogP contribution is -2.16. The van der Waals surface area contributed by atoms with Crippen LogP contribution >= 0.6 is 11.6 Å². The number of hydrogen-bond donors (Lipinski definition) is 2. The summed E-state index contributed by atoms with van der Waals surface area (Å²) in [4.78, 5) is 16.8. The van der Waals surface area contributed by atoms with E-state index in [4.69, 9.17) is 26.8 Å². The highest BCUT2D eigenvalue weighted by molar-refractivity contribution is 6.30. The Labute approximate surface area is 167 Å². The zero-order valence-electron chi connectivity index (χ0n) is 15.5. The van der Waals surface area contributed by atoms with E-state index in [0.717, 1.165) is 0 Å². The Morgan fingerprint density at radius 2 is 2.04 bits per heavy atom. The van der Waals surface area contributed by atoms with Crippen molar-refractivity contribution in [1.29, 1.82) is 0 Å². The number of carbonyl (C=O) groups is 1. The molecule has 0 atom stereocenters. The van der Waals surface area contributed by atoms with E-state index in [9.17, 15) is 4.79 Å². The van der Waals surface area contributed by atoms with Gasteiger partial charge in [-0.2, -0.15) is 5.10 Å². The summed E-state index contributed by atoms with van der Waals surface area (Å²) in [5.74, 6) is 0.741. The number of benzene rings is 1. The molecular weight excluding hydrogens is 382 g/mol. The van der Waals surface area contributed by atoms with E-state index in [0.29, 0.717) is 41.2 Å². The van der Waals surface area contributed by atoms with Crippen LogP contribution in [0.2, 0.25) is 5.02 Å². The lowest BCUT2D eigenvalue weighted by atomic mass is 10.2. The van der Waals surface area contributed by atoms with Gasteiger partial charge in [0.25, 0.3) is 5.91 Å². The van der Waals surface area contributed by atoms with E-state index >= 15 is 0 Å². The number of hydrogen-bond acceptors (Lipinski definition) is 6. The van der Waals surface area contributed by atoms with Gasteiger partial charge in [0.15, 0.2) is 0 Å². The number of amides is 1. The molecular formula is C19H20ClN5O3. The summed E-state index contributed by atoms with van der Waals surface area (Å²) in [7, 11) is 1.60. The van der Waals surface area contributed by atoms with Crippen molar-refractivity contribution in [3.63, 3.8) is 0 Å². The quantitative estimate of drug-likeness (QED) is 0.589. The van der Waals surface area contributed by atoms with Crippen LogP contribution < -0.4 is 15.8 Å². The minimum atomic E-state index is -0.408. The molecule has 0 aliphatic rings. The summed E-state index contributed by atoms with van der Waals surface area (Å²) in [6, 6.07) is 10.5. The van der Waals surface area contributed by atoms with E-state index in [1.165, 1.54) is 10.9 Å². The van der Waals surface area contributed by atoms with Crippen LogP contribution in [0.3, 0.4) is 0 Å². The van der Waals surface area contributed by atoms with Gasteiger partial charge >= 0.3 is 0 Å². The zero-order valence-corrected chi connectivity index (χ0v) is 16.2. The minimum absolute atomic E-state index is 0.201. The van der Waals surface area contributed by atoms with Crippen LogP contribution in [-0.4, -0.2) is 41.0 Å². The number of aromatic nitrogens is 3. The highest BCUT2D eigenvalue weighted by atomic mass is 35.5. The smallest absolute Gasteiger partial charge is 0.262 e. The van der Waals surface area contributed by atoms with Gasteiger partial charge in [0.1, 0.15) is 35.2 Å². The van der Waals surface area contributed by atoms with Crippen molar-refractivity contribution in [3.8, 4) is 11.4 Å². The fourth-order valence-electron chi connectivity index (χ4n) is 2.63. The highest BCUT2D eigenvalue weighted by Crippen LogP contribution is 2.28. The summed E-state index contributed by atoms with van der Waals surface area (Å²) >= 11 is 5.82. The van der Waals surface area contributed by atoms with Crippen molar-refractivity contribution in [2.45, 2.75) is 6.92 Å². The molecule has 28 heavy (non-hydrogen) atoms. The summed E-state index contributed by atoms with van der Waals surface area (Å²) < 4.78 is 12.2. The van der Waals surface area contributed by atoms with Gasteiger partial charge in [-0.25, -0.2) is 9.67 Å². The maximum Gasteiger partial charge on any atom is 0.262 e. The van der Waals surface area contributed by atoms with Gasteiger partial charge in [0.2, 0.25) is 0 Å². The Hall–Kier alpha value is -3.10. The molecule has 1 aromatic carbocycles. The van der Waals surface area contributed by atoms with Crippen molar-refractivity contribution in [2.75, 3.05) is 31.4 Å². The number of nitrogens with two attached hydrogens (primary N) is 1. The molecule has 3 aromatic rings. The molecule has 0 aliphatic carbocycles. The van der Waals surface area contributed by atoms with Crippen molar-refractivity contribution < 1.29 is 14.3 Å². The molecule has 0 fully saturated rings. The molecule has 1 amide bonds. The van der Waals surface area contributed by atoms with Crippen molar-refractivity contribution in [1.82, 2.24) is 14.8 Å². The fraction of sp³-hybridized carbons (Fsp3) is 0.211. The van der Waals surface area contributed by atoms with E-state index in [2.05, 4.69) is 15.4 Å². The highest BCUT2D eigenvalue weighted by Gasteiger charge is 2.22. The molecule has 8 nitrogen and oxygen atoms in total. The number of ether oxygens (including phenoxy) is 2. The van der Waals surface area contributed by atoms with Crippen LogP contribution in [0.4, 0.5) is 11.6 Å². The summed E-state index contributed by atoms with van der Waals surface area (Å²) in [6.07, 6.45) is 1.45. The van der Waals surface area contributed by atoms with E-state index < -0.39 is 5.91 Å². The number of methoxy groups -OCH3 is 1. The number of halogens is 1. The molecule has 3 N–H and O–H groups in total. The Balaban J connectivity index is 1.90. The Morgan fingerprint density at radius 3 is 2.75 bits per heavy atom. The fourth-order valence-corrected chi connectivity index (χ4v) is 2.74. The van der Waals surface area contributed by atoms with Crippen LogP contribution in [0.25, 0.3) is 5.69 Å². The molecule has 0 spiro atoms.